The first-order valence-electron chi connectivity index (χ1n) is 10.3. The number of amides is 1. The number of carbonyl (C=O) groups excluding carboxylic acids is 1. The van der Waals surface area contributed by atoms with Crippen LogP contribution in [-0.2, 0) is 0 Å². The Bertz CT molecular complexity index is 574. The van der Waals surface area contributed by atoms with Gasteiger partial charge in [0.1, 0.15) is 5.69 Å². The van der Waals surface area contributed by atoms with Gasteiger partial charge in [-0.1, -0.05) is 19.3 Å². The SMILES string of the molecule is O=C(NC1CCC2(CCCCC2)CC1)c1ccn(C2CCCNC2)n1. The number of nitrogens with one attached hydrogen (secondary N) is 2. The van der Waals surface area contributed by atoms with E-state index in [1.165, 1.54) is 51.4 Å². The number of rotatable bonds is 3. The van der Waals surface area contributed by atoms with Crippen LogP contribution in [0.4, 0.5) is 0 Å². The summed E-state index contributed by atoms with van der Waals surface area (Å²) in [6, 6.07) is 2.59. The van der Waals surface area contributed by atoms with Gasteiger partial charge in [-0.05, 0) is 69.4 Å². The van der Waals surface area contributed by atoms with Crippen molar-refractivity contribution in [2.45, 2.75) is 82.7 Å². The number of piperidine rings is 1. The molecule has 138 valence electrons. The first-order valence-corrected chi connectivity index (χ1v) is 10.3. The van der Waals surface area contributed by atoms with Crippen molar-refractivity contribution in [1.29, 1.82) is 0 Å². The van der Waals surface area contributed by atoms with E-state index in [0.29, 0.717) is 23.2 Å². The second-order valence-corrected chi connectivity index (χ2v) is 8.49. The van der Waals surface area contributed by atoms with Gasteiger partial charge in [0.25, 0.3) is 5.91 Å². The van der Waals surface area contributed by atoms with Gasteiger partial charge in [0.2, 0.25) is 0 Å². The standard InChI is InChI=1S/C20H32N4O/c25-19(18-8-14-24(23-18)17-5-4-13-21-15-17)22-16-6-11-20(12-7-16)9-2-1-3-10-20/h8,14,16-17,21H,1-7,9-13,15H2,(H,22,25). The molecule has 25 heavy (non-hydrogen) atoms. The summed E-state index contributed by atoms with van der Waals surface area (Å²) >= 11 is 0. The molecule has 1 aliphatic heterocycles. The average Bonchev–Trinajstić information content (AvgIpc) is 3.16. The Morgan fingerprint density at radius 3 is 2.64 bits per heavy atom. The first-order chi connectivity index (χ1) is 12.2. The fourth-order valence-corrected chi connectivity index (χ4v) is 5.16. The van der Waals surface area contributed by atoms with Crippen LogP contribution in [0.1, 0.15) is 87.2 Å². The topological polar surface area (TPSA) is 59.0 Å². The molecule has 1 atom stereocenters. The number of aromatic nitrogens is 2. The van der Waals surface area contributed by atoms with E-state index in [0.717, 1.165) is 32.4 Å². The number of carbonyl (C=O) groups is 1. The highest BCUT2D eigenvalue weighted by Crippen LogP contribution is 2.47. The van der Waals surface area contributed by atoms with Crippen LogP contribution in [0.15, 0.2) is 12.3 Å². The van der Waals surface area contributed by atoms with E-state index in [1.807, 2.05) is 16.9 Å². The van der Waals surface area contributed by atoms with Crippen LogP contribution in [0.25, 0.3) is 0 Å². The van der Waals surface area contributed by atoms with E-state index in [2.05, 4.69) is 15.7 Å². The van der Waals surface area contributed by atoms with E-state index in [1.54, 1.807) is 0 Å². The van der Waals surface area contributed by atoms with Gasteiger partial charge in [-0.2, -0.15) is 5.10 Å². The molecule has 1 unspecified atom stereocenters. The summed E-state index contributed by atoms with van der Waals surface area (Å²) in [4.78, 5) is 12.6. The molecule has 3 aliphatic rings. The van der Waals surface area contributed by atoms with E-state index in [9.17, 15) is 4.79 Å². The molecule has 1 aromatic rings. The van der Waals surface area contributed by atoms with Crippen molar-refractivity contribution in [2.75, 3.05) is 13.1 Å². The summed E-state index contributed by atoms with van der Waals surface area (Å²) in [5.74, 6) is 0.00659. The molecule has 4 rings (SSSR count). The highest BCUT2D eigenvalue weighted by atomic mass is 16.2. The normalized spacial score (nSPS) is 27.3. The van der Waals surface area contributed by atoms with Gasteiger partial charge in [0.15, 0.2) is 0 Å². The molecule has 1 amide bonds. The van der Waals surface area contributed by atoms with Crippen LogP contribution < -0.4 is 10.6 Å². The summed E-state index contributed by atoms with van der Waals surface area (Å²) in [5.41, 5.74) is 1.18. The molecule has 1 aromatic heterocycles. The second-order valence-electron chi connectivity index (χ2n) is 8.49. The fraction of sp³-hybridized carbons (Fsp3) is 0.800. The lowest BCUT2D eigenvalue weighted by molar-refractivity contribution is 0.0830. The van der Waals surface area contributed by atoms with Crippen molar-refractivity contribution in [1.82, 2.24) is 20.4 Å². The molecule has 2 N–H and O–H groups in total. The van der Waals surface area contributed by atoms with E-state index >= 15 is 0 Å². The maximum atomic E-state index is 12.6. The lowest BCUT2D eigenvalue weighted by atomic mass is 9.64. The summed E-state index contributed by atoms with van der Waals surface area (Å²) in [6.07, 6.45) is 16.2. The van der Waals surface area contributed by atoms with Gasteiger partial charge in [-0.25, -0.2) is 0 Å². The first kappa shape index (κ1) is 17.1. The maximum absolute atomic E-state index is 12.6. The fourth-order valence-electron chi connectivity index (χ4n) is 5.16. The van der Waals surface area contributed by atoms with Crippen molar-refractivity contribution < 1.29 is 4.79 Å². The molecule has 0 bridgehead atoms. The Morgan fingerprint density at radius 2 is 1.92 bits per heavy atom. The minimum Gasteiger partial charge on any atom is -0.348 e. The molecule has 2 saturated carbocycles. The third kappa shape index (κ3) is 3.91. The zero-order valence-corrected chi connectivity index (χ0v) is 15.3. The third-order valence-electron chi connectivity index (χ3n) is 6.78. The van der Waals surface area contributed by atoms with Gasteiger partial charge in [-0.15, -0.1) is 0 Å². The number of hydrogen-bond acceptors (Lipinski definition) is 3. The predicted molar refractivity (Wildman–Crippen MR) is 98.6 cm³/mol. The Balaban J connectivity index is 1.30. The number of nitrogens with zero attached hydrogens (tertiary/aromatic N) is 2. The third-order valence-corrected chi connectivity index (χ3v) is 6.78. The molecule has 1 spiro atoms. The van der Waals surface area contributed by atoms with Crippen molar-refractivity contribution in [3.05, 3.63) is 18.0 Å². The molecule has 2 heterocycles. The lowest BCUT2D eigenvalue weighted by Gasteiger charge is -2.43. The van der Waals surface area contributed by atoms with Crippen LogP contribution in [0.5, 0.6) is 0 Å². The molecule has 2 aliphatic carbocycles. The molecular weight excluding hydrogens is 312 g/mol. The zero-order valence-electron chi connectivity index (χ0n) is 15.3. The van der Waals surface area contributed by atoms with Gasteiger partial charge < -0.3 is 10.6 Å². The van der Waals surface area contributed by atoms with Crippen LogP contribution in [0.2, 0.25) is 0 Å². The second kappa shape index (κ2) is 7.48. The van der Waals surface area contributed by atoms with Crippen LogP contribution in [-0.4, -0.2) is 34.8 Å². The highest BCUT2D eigenvalue weighted by Gasteiger charge is 2.36. The molecule has 0 aromatic carbocycles. The summed E-state index contributed by atoms with van der Waals surface area (Å²) in [7, 11) is 0. The Labute approximate surface area is 150 Å². The van der Waals surface area contributed by atoms with Gasteiger partial charge in [-0.3, -0.25) is 9.48 Å². The van der Waals surface area contributed by atoms with Crippen LogP contribution >= 0.6 is 0 Å². The molecule has 5 heteroatoms. The maximum Gasteiger partial charge on any atom is 0.271 e. The molecule has 3 fully saturated rings. The van der Waals surface area contributed by atoms with Gasteiger partial charge in [0, 0.05) is 18.8 Å². The molecule has 0 radical (unpaired) electrons. The Kier molecular flexibility index (Phi) is 5.11. The minimum absolute atomic E-state index is 0.00659. The smallest absolute Gasteiger partial charge is 0.271 e. The van der Waals surface area contributed by atoms with Gasteiger partial charge >= 0.3 is 0 Å². The number of hydrogen-bond donors (Lipinski definition) is 2. The Hall–Kier alpha value is -1.36. The summed E-state index contributed by atoms with van der Waals surface area (Å²) < 4.78 is 1.97. The van der Waals surface area contributed by atoms with Crippen molar-refractivity contribution in [3.8, 4) is 0 Å². The zero-order chi connectivity index (χ0) is 17.1. The minimum atomic E-state index is 0.00659. The van der Waals surface area contributed by atoms with Crippen LogP contribution in [0.3, 0.4) is 0 Å². The van der Waals surface area contributed by atoms with Crippen molar-refractivity contribution in [3.63, 3.8) is 0 Å². The molecule has 5 nitrogen and oxygen atoms in total. The quantitative estimate of drug-likeness (QED) is 0.883. The largest absolute Gasteiger partial charge is 0.348 e. The summed E-state index contributed by atoms with van der Waals surface area (Å²) in [6.45, 7) is 2.04. The van der Waals surface area contributed by atoms with Crippen molar-refractivity contribution in [2.24, 2.45) is 5.41 Å². The Morgan fingerprint density at radius 1 is 1.12 bits per heavy atom. The van der Waals surface area contributed by atoms with Crippen LogP contribution in [0, 0.1) is 5.41 Å². The summed E-state index contributed by atoms with van der Waals surface area (Å²) in [5, 5.41) is 11.2. The van der Waals surface area contributed by atoms with E-state index in [-0.39, 0.29) is 5.91 Å². The van der Waals surface area contributed by atoms with Gasteiger partial charge in [0.05, 0.1) is 6.04 Å². The van der Waals surface area contributed by atoms with E-state index in [4.69, 9.17) is 0 Å². The lowest BCUT2D eigenvalue weighted by Crippen LogP contribution is -2.41. The van der Waals surface area contributed by atoms with Crippen molar-refractivity contribution >= 4 is 5.91 Å². The predicted octanol–water partition coefficient (Wildman–Crippen LogP) is 3.43. The monoisotopic (exact) mass is 344 g/mol. The highest BCUT2D eigenvalue weighted by molar-refractivity contribution is 5.92. The molecular formula is C20H32N4O. The average molecular weight is 345 g/mol. The molecule has 1 saturated heterocycles. The van der Waals surface area contributed by atoms with E-state index < -0.39 is 0 Å².